The summed E-state index contributed by atoms with van der Waals surface area (Å²) in [5.41, 5.74) is 2.90. The molecule has 4 rings (SSSR count). The van der Waals surface area contributed by atoms with Crippen LogP contribution in [0.2, 0.25) is 5.02 Å². The molecule has 0 bridgehead atoms. The summed E-state index contributed by atoms with van der Waals surface area (Å²) in [5.74, 6) is -0.244. The summed E-state index contributed by atoms with van der Waals surface area (Å²) >= 11 is 7.85. The second kappa shape index (κ2) is 11.8. The second-order valence-corrected chi connectivity index (χ2v) is 10.4. The molecule has 2 aromatic carbocycles. The predicted octanol–water partition coefficient (Wildman–Crippen LogP) is 5.16. The van der Waals surface area contributed by atoms with Crippen molar-refractivity contribution in [3.8, 4) is 0 Å². The first-order valence-corrected chi connectivity index (χ1v) is 13.4. The maximum atomic E-state index is 13.0. The van der Waals surface area contributed by atoms with Gasteiger partial charge in [-0.25, -0.2) is 0 Å². The van der Waals surface area contributed by atoms with Crippen LogP contribution in [0.15, 0.2) is 60.7 Å². The minimum Gasteiger partial charge on any atom is -0.466 e. The van der Waals surface area contributed by atoms with Gasteiger partial charge in [-0.1, -0.05) is 48.9 Å². The number of quaternary nitrogens is 1. The summed E-state index contributed by atoms with van der Waals surface area (Å²) in [6.45, 7) is 6.09. The zero-order valence-corrected chi connectivity index (χ0v) is 21.8. The number of rotatable bonds is 8. The Morgan fingerprint density at radius 1 is 1.09 bits per heavy atom. The third kappa shape index (κ3) is 6.13. The van der Waals surface area contributed by atoms with E-state index in [1.165, 1.54) is 9.78 Å². The molecule has 0 saturated carbocycles. The number of anilines is 1. The Hall–Kier alpha value is -2.67. The largest absolute Gasteiger partial charge is 0.466 e. The Morgan fingerprint density at radius 2 is 1.77 bits per heavy atom. The molecule has 1 aromatic heterocycles. The third-order valence-corrected chi connectivity index (χ3v) is 8.06. The van der Waals surface area contributed by atoms with Gasteiger partial charge in [0.05, 0.1) is 25.6 Å². The molecule has 1 aliphatic rings. The Morgan fingerprint density at radius 3 is 2.40 bits per heavy atom. The molecule has 184 valence electrons. The normalized spacial score (nSPS) is 18.6. The molecule has 0 radical (unpaired) electrons. The lowest BCUT2D eigenvalue weighted by Crippen LogP contribution is -3.13. The van der Waals surface area contributed by atoms with Crippen LogP contribution >= 0.6 is 22.9 Å². The number of piperidine rings is 1. The molecule has 5 nitrogen and oxygen atoms in total. The Labute approximate surface area is 216 Å². The van der Waals surface area contributed by atoms with Crippen LogP contribution in [0.5, 0.6) is 0 Å². The average molecular weight is 512 g/mol. The second-order valence-electron chi connectivity index (χ2n) is 8.84. The summed E-state index contributed by atoms with van der Waals surface area (Å²) in [7, 11) is 0. The smallest absolute Gasteiger partial charge is 0.309 e. The number of hydrogen-bond acceptors (Lipinski definition) is 4. The topological polar surface area (TPSA) is 59.8 Å². The highest BCUT2D eigenvalue weighted by Gasteiger charge is 2.36. The van der Waals surface area contributed by atoms with Crippen molar-refractivity contribution in [2.45, 2.75) is 39.2 Å². The van der Waals surface area contributed by atoms with Crippen LogP contribution < -0.4 is 10.2 Å². The van der Waals surface area contributed by atoms with Gasteiger partial charge in [-0.3, -0.25) is 9.59 Å². The molecule has 7 heteroatoms. The number of halogens is 1. The molecule has 35 heavy (non-hydrogen) atoms. The van der Waals surface area contributed by atoms with E-state index in [1.54, 1.807) is 11.3 Å². The highest BCUT2D eigenvalue weighted by Crippen LogP contribution is 2.36. The van der Waals surface area contributed by atoms with Crippen LogP contribution in [-0.4, -0.2) is 31.6 Å². The van der Waals surface area contributed by atoms with E-state index in [1.807, 2.05) is 49.4 Å². The van der Waals surface area contributed by atoms with Crippen molar-refractivity contribution >= 4 is 39.8 Å². The van der Waals surface area contributed by atoms with Gasteiger partial charge in [-0.2, -0.15) is 0 Å². The van der Waals surface area contributed by atoms with Crippen LogP contribution in [0.4, 0.5) is 5.00 Å². The van der Waals surface area contributed by atoms with E-state index in [0.29, 0.717) is 17.2 Å². The molecule has 0 unspecified atom stereocenters. The highest BCUT2D eigenvalue weighted by molar-refractivity contribution is 7.16. The molecule has 1 saturated heterocycles. The summed E-state index contributed by atoms with van der Waals surface area (Å²) in [5, 5.41) is 4.77. The van der Waals surface area contributed by atoms with Gasteiger partial charge < -0.3 is 15.0 Å². The van der Waals surface area contributed by atoms with E-state index in [2.05, 4.69) is 30.4 Å². The first-order chi connectivity index (χ1) is 17.0. The van der Waals surface area contributed by atoms with E-state index in [4.69, 9.17) is 16.3 Å². The Kier molecular flexibility index (Phi) is 8.60. The number of benzene rings is 2. The van der Waals surface area contributed by atoms with E-state index in [-0.39, 0.29) is 23.8 Å². The van der Waals surface area contributed by atoms with Crippen LogP contribution in [0.25, 0.3) is 0 Å². The minimum absolute atomic E-state index is 0.0260. The van der Waals surface area contributed by atoms with E-state index in [0.717, 1.165) is 48.5 Å². The molecule has 1 fully saturated rings. The maximum absolute atomic E-state index is 13.0. The summed E-state index contributed by atoms with van der Waals surface area (Å²) in [6, 6.07) is 19.5. The number of amides is 1. The Balaban J connectivity index is 1.66. The molecule has 0 spiro atoms. The highest BCUT2D eigenvalue weighted by atomic mass is 35.5. The van der Waals surface area contributed by atoms with Gasteiger partial charge >= 0.3 is 5.97 Å². The average Bonchev–Trinajstić information content (AvgIpc) is 3.28. The van der Waals surface area contributed by atoms with Crippen molar-refractivity contribution in [1.29, 1.82) is 0 Å². The molecule has 1 amide bonds. The quantitative estimate of drug-likeness (QED) is 0.410. The fourth-order valence-corrected chi connectivity index (χ4v) is 5.93. The monoisotopic (exact) mass is 511 g/mol. The zero-order chi connectivity index (χ0) is 24.8. The lowest BCUT2D eigenvalue weighted by molar-refractivity contribution is -0.931. The number of ether oxygens (including phenoxy) is 1. The van der Waals surface area contributed by atoms with E-state index >= 15 is 0 Å². The van der Waals surface area contributed by atoms with Gasteiger partial charge in [-0.05, 0) is 43.7 Å². The van der Waals surface area contributed by atoms with Crippen LogP contribution in [0.3, 0.4) is 0 Å². The van der Waals surface area contributed by atoms with Crippen molar-refractivity contribution in [1.82, 2.24) is 0 Å². The lowest BCUT2D eigenvalue weighted by Gasteiger charge is -2.34. The van der Waals surface area contributed by atoms with E-state index in [9.17, 15) is 9.59 Å². The van der Waals surface area contributed by atoms with Gasteiger partial charge in [0.2, 0.25) is 0 Å². The molecule has 0 aliphatic carbocycles. The number of hydrogen-bond donors (Lipinski definition) is 2. The van der Waals surface area contributed by atoms with Gasteiger partial charge in [0.1, 0.15) is 11.0 Å². The zero-order valence-electron chi connectivity index (χ0n) is 20.2. The fourth-order valence-electron chi connectivity index (χ4n) is 4.77. The van der Waals surface area contributed by atoms with E-state index < -0.39 is 0 Å². The number of aryl methyl sites for hydroxylation is 1. The number of carbonyl (C=O) groups excluding carboxylic acids is 2. The van der Waals surface area contributed by atoms with Crippen LogP contribution in [-0.2, 0) is 16.0 Å². The molecule has 2 heterocycles. The maximum Gasteiger partial charge on any atom is 0.309 e. The van der Waals surface area contributed by atoms with Gasteiger partial charge in [0, 0.05) is 39.4 Å². The SMILES string of the molecule is CCOC(=O)C1CC[NH+]([C@@H](c2ccc(Cl)cc2)c2cc(CC)sc2NC(=O)c2ccccc2)CC1. The molecule has 1 aliphatic heterocycles. The predicted molar refractivity (Wildman–Crippen MR) is 141 cm³/mol. The van der Waals surface area contributed by atoms with Crippen molar-refractivity contribution in [3.05, 3.63) is 87.3 Å². The summed E-state index contributed by atoms with van der Waals surface area (Å²) in [4.78, 5) is 28.0. The van der Waals surface area contributed by atoms with Crippen molar-refractivity contribution in [2.24, 2.45) is 5.92 Å². The van der Waals surface area contributed by atoms with Crippen molar-refractivity contribution in [3.63, 3.8) is 0 Å². The first-order valence-electron chi connectivity index (χ1n) is 12.3. The molecular formula is C28H32ClN2O3S+. The first kappa shape index (κ1) is 25.4. The van der Waals surface area contributed by atoms with Crippen molar-refractivity contribution < 1.29 is 19.2 Å². The molecule has 2 N–H and O–H groups in total. The fraction of sp³-hybridized carbons (Fsp3) is 0.357. The van der Waals surface area contributed by atoms with Gasteiger partial charge in [0.15, 0.2) is 0 Å². The minimum atomic E-state index is -0.109. The number of carbonyl (C=O) groups is 2. The Bertz CT molecular complexity index is 1140. The van der Waals surface area contributed by atoms with Crippen LogP contribution in [0.1, 0.15) is 59.1 Å². The molecular weight excluding hydrogens is 480 g/mol. The third-order valence-electron chi connectivity index (χ3n) is 6.59. The number of nitrogens with one attached hydrogen (secondary N) is 2. The summed E-state index contributed by atoms with van der Waals surface area (Å²) < 4.78 is 5.27. The number of esters is 1. The standard InChI is InChI=1S/C28H31ClN2O3S/c1-3-23-18-24(27(35-23)30-26(32)20-8-6-5-7-9-20)25(19-10-12-22(29)13-11-19)31-16-14-21(15-17-31)28(33)34-4-2/h5-13,18,21,25H,3-4,14-17H2,1-2H3,(H,30,32)/p+1/t25-/m0/s1. The molecule has 3 aromatic rings. The lowest BCUT2D eigenvalue weighted by atomic mass is 9.91. The van der Waals surface area contributed by atoms with Gasteiger partial charge in [0.25, 0.3) is 5.91 Å². The molecule has 1 atom stereocenters. The van der Waals surface area contributed by atoms with Crippen LogP contribution in [0, 0.1) is 5.92 Å². The summed E-state index contributed by atoms with van der Waals surface area (Å²) in [6.07, 6.45) is 2.47. The van der Waals surface area contributed by atoms with Gasteiger partial charge in [-0.15, -0.1) is 11.3 Å². The van der Waals surface area contributed by atoms with Crippen molar-refractivity contribution in [2.75, 3.05) is 25.0 Å². The number of likely N-dealkylation sites (tertiary alicyclic amines) is 1. The number of thiophene rings is 1.